The fraction of sp³-hybridized carbons (Fsp3) is 0.538. The first kappa shape index (κ1) is 13.3. The van der Waals surface area contributed by atoms with Crippen molar-refractivity contribution >= 4 is 21.8 Å². The predicted octanol–water partition coefficient (Wildman–Crippen LogP) is 1.88. The number of aryl methyl sites for hydroxylation is 1. The Morgan fingerprint density at radius 3 is 2.74 bits per heavy atom. The summed E-state index contributed by atoms with van der Waals surface area (Å²) in [6, 6.07) is 5.25. The van der Waals surface area contributed by atoms with E-state index in [0.717, 1.165) is 23.5 Å². The Balaban J connectivity index is 1.94. The maximum Gasteiger partial charge on any atom is 0.243 e. The minimum atomic E-state index is -3.35. The van der Waals surface area contributed by atoms with E-state index >= 15 is 0 Å². The number of methoxy groups -OCH3 is 1. The first-order chi connectivity index (χ1) is 9.02. The SMILES string of the molecule is COc1ccc(S(=O)(=O)N2CC3CC2CS3)cc1C. The van der Waals surface area contributed by atoms with Crippen molar-refractivity contribution in [2.45, 2.75) is 29.5 Å². The van der Waals surface area contributed by atoms with Crippen molar-refractivity contribution in [2.24, 2.45) is 0 Å². The van der Waals surface area contributed by atoms with Crippen molar-refractivity contribution in [3.63, 3.8) is 0 Å². The molecule has 0 amide bonds. The zero-order valence-electron chi connectivity index (χ0n) is 11.0. The number of thioether (sulfide) groups is 1. The number of hydrogen-bond donors (Lipinski definition) is 0. The molecule has 0 radical (unpaired) electrons. The van der Waals surface area contributed by atoms with Crippen molar-refractivity contribution in [3.05, 3.63) is 23.8 Å². The summed E-state index contributed by atoms with van der Waals surface area (Å²) < 4.78 is 32.2. The average molecular weight is 299 g/mol. The highest BCUT2D eigenvalue weighted by atomic mass is 32.2. The Morgan fingerprint density at radius 1 is 1.42 bits per heavy atom. The van der Waals surface area contributed by atoms with E-state index in [2.05, 4.69) is 0 Å². The van der Waals surface area contributed by atoms with Crippen molar-refractivity contribution in [1.29, 1.82) is 0 Å². The third kappa shape index (κ3) is 2.15. The molecule has 0 aromatic heterocycles. The van der Waals surface area contributed by atoms with Crippen molar-refractivity contribution < 1.29 is 13.2 Å². The van der Waals surface area contributed by atoms with Gasteiger partial charge in [-0.15, -0.1) is 0 Å². The number of ether oxygens (including phenoxy) is 1. The van der Waals surface area contributed by atoms with Crippen LogP contribution in [-0.2, 0) is 10.0 Å². The second-order valence-electron chi connectivity index (χ2n) is 5.05. The van der Waals surface area contributed by atoms with Crippen molar-refractivity contribution in [1.82, 2.24) is 4.31 Å². The Labute approximate surface area is 118 Å². The zero-order chi connectivity index (χ0) is 13.6. The van der Waals surface area contributed by atoms with E-state index < -0.39 is 10.0 Å². The molecule has 2 atom stereocenters. The number of hydrogen-bond acceptors (Lipinski definition) is 4. The molecule has 0 saturated carbocycles. The molecule has 1 aromatic carbocycles. The lowest BCUT2D eigenvalue weighted by Gasteiger charge is -2.26. The van der Waals surface area contributed by atoms with E-state index in [1.807, 2.05) is 18.7 Å². The molecule has 3 rings (SSSR count). The van der Waals surface area contributed by atoms with Crippen LogP contribution >= 0.6 is 11.8 Å². The summed E-state index contributed by atoms with van der Waals surface area (Å²) in [4.78, 5) is 0.378. The lowest BCUT2D eigenvalue weighted by Crippen LogP contribution is -2.39. The van der Waals surface area contributed by atoms with Gasteiger partial charge in [-0.2, -0.15) is 16.1 Å². The molecule has 0 N–H and O–H groups in total. The van der Waals surface area contributed by atoms with Crippen LogP contribution in [0, 0.1) is 6.92 Å². The third-order valence-corrected chi connectivity index (χ3v) is 7.13. The minimum absolute atomic E-state index is 0.183. The van der Waals surface area contributed by atoms with Crippen LogP contribution in [0.3, 0.4) is 0 Å². The van der Waals surface area contributed by atoms with Gasteiger partial charge in [0, 0.05) is 23.6 Å². The quantitative estimate of drug-likeness (QED) is 0.855. The highest BCUT2D eigenvalue weighted by molar-refractivity contribution is 8.00. The summed E-state index contributed by atoms with van der Waals surface area (Å²) in [7, 11) is -1.76. The van der Waals surface area contributed by atoms with Gasteiger partial charge in [-0.05, 0) is 37.1 Å². The second kappa shape index (κ2) is 4.68. The van der Waals surface area contributed by atoms with Crippen molar-refractivity contribution in [2.75, 3.05) is 19.4 Å². The average Bonchev–Trinajstić information content (AvgIpc) is 3.01. The molecule has 2 aliphatic rings. The summed E-state index contributed by atoms with van der Waals surface area (Å²) in [6.45, 7) is 2.52. The summed E-state index contributed by atoms with van der Waals surface area (Å²) >= 11 is 1.89. The van der Waals surface area contributed by atoms with E-state index in [0.29, 0.717) is 16.7 Å². The number of nitrogens with zero attached hydrogens (tertiary/aromatic N) is 1. The van der Waals surface area contributed by atoms with Crippen LogP contribution in [0.1, 0.15) is 12.0 Å². The van der Waals surface area contributed by atoms with E-state index in [9.17, 15) is 8.42 Å². The minimum Gasteiger partial charge on any atom is -0.496 e. The van der Waals surface area contributed by atoms with Gasteiger partial charge in [0.05, 0.1) is 12.0 Å². The van der Waals surface area contributed by atoms with Gasteiger partial charge >= 0.3 is 0 Å². The van der Waals surface area contributed by atoms with Gasteiger partial charge in [0.2, 0.25) is 10.0 Å². The summed E-state index contributed by atoms with van der Waals surface area (Å²) in [5.74, 6) is 1.65. The molecular formula is C13H17NO3S2. The molecule has 2 unspecified atom stereocenters. The Kier molecular flexibility index (Phi) is 3.27. The van der Waals surface area contributed by atoms with E-state index in [-0.39, 0.29) is 6.04 Å². The van der Waals surface area contributed by atoms with Gasteiger partial charge < -0.3 is 4.74 Å². The largest absolute Gasteiger partial charge is 0.496 e. The second-order valence-corrected chi connectivity index (χ2v) is 8.27. The van der Waals surface area contributed by atoms with Crippen LogP contribution < -0.4 is 4.74 Å². The van der Waals surface area contributed by atoms with E-state index in [4.69, 9.17) is 4.74 Å². The summed E-state index contributed by atoms with van der Waals surface area (Å²) in [5.41, 5.74) is 0.849. The number of benzene rings is 1. The molecule has 2 heterocycles. The van der Waals surface area contributed by atoms with Crippen LogP contribution in [0.25, 0.3) is 0 Å². The maximum atomic E-state index is 12.7. The molecule has 6 heteroatoms. The van der Waals surface area contributed by atoms with Gasteiger partial charge in [0.1, 0.15) is 5.75 Å². The van der Waals surface area contributed by atoms with Crippen LogP contribution in [-0.4, -0.2) is 43.4 Å². The van der Waals surface area contributed by atoms with Crippen LogP contribution in [0.5, 0.6) is 5.75 Å². The third-order valence-electron chi connectivity index (χ3n) is 3.82. The topological polar surface area (TPSA) is 46.6 Å². The van der Waals surface area contributed by atoms with Gasteiger partial charge in [-0.1, -0.05) is 0 Å². The fourth-order valence-corrected chi connectivity index (χ4v) is 6.19. The Hall–Kier alpha value is -0.720. The predicted molar refractivity (Wildman–Crippen MR) is 76.3 cm³/mol. The van der Waals surface area contributed by atoms with Crippen LogP contribution in [0.4, 0.5) is 0 Å². The molecular weight excluding hydrogens is 282 g/mol. The zero-order valence-corrected chi connectivity index (χ0v) is 12.6. The number of sulfonamides is 1. The molecule has 104 valence electrons. The Bertz CT molecular complexity index is 600. The van der Waals surface area contributed by atoms with Crippen molar-refractivity contribution in [3.8, 4) is 5.75 Å². The standard InChI is InChI=1S/C13H17NO3S2/c1-9-5-12(3-4-13(9)17-2)19(15,16)14-7-11-6-10(14)8-18-11/h3-5,10-11H,6-8H2,1-2H3. The van der Waals surface area contributed by atoms with E-state index in [1.165, 1.54) is 0 Å². The summed E-state index contributed by atoms with van der Waals surface area (Å²) in [6.07, 6.45) is 0.999. The molecule has 2 saturated heterocycles. The Morgan fingerprint density at radius 2 is 2.21 bits per heavy atom. The van der Waals surface area contributed by atoms with E-state index in [1.54, 1.807) is 29.6 Å². The van der Waals surface area contributed by atoms with Crippen LogP contribution in [0.15, 0.2) is 23.1 Å². The molecule has 2 fully saturated rings. The highest BCUT2D eigenvalue weighted by Gasteiger charge is 2.44. The smallest absolute Gasteiger partial charge is 0.243 e. The molecule has 4 nitrogen and oxygen atoms in total. The summed E-state index contributed by atoms with van der Waals surface area (Å²) in [5, 5.41) is 0.485. The first-order valence-electron chi connectivity index (χ1n) is 6.30. The lowest BCUT2D eigenvalue weighted by atomic mass is 10.2. The molecule has 19 heavy (non-hydrogen) atoms. The fourth-order valence-electron chi connectivity index (χ4n) is 2.81. The monoisotopic (exact) mass is 299 g/mol. The molecule has 2 bridgehead atoms. The van der Waals surface area contributed by atoms with Gasteiger partial charge in [-0.25, -0.2) is 8.42 Å². The number of rotatable bonds is 3. The van der Waals surface area contributed by atoms with Gasteiger partial charge in [0.15, 0.2) is 0 Å². The molecule has 1 aromatic rings. The lowest BCUT2D eigenvalue weighted by molar-refractivity contribution is 0.406. The normalized spacial score (nSPS) is 26.8. The van der Waals surface area contributed by atoms with Gasteiger partial charge in [0.25, 0.3) is 0 Å². The molecule has 2 aliphatic heterocycles. The maximum absolute atomic E-state index is 12.7. The first-order valence-corrected chi connectivity index (χ1v) is 8.79. The van der Waals surface area contributed by atoms with Crippen LogP contribution in [0.2, 0.25) is 0 Å². The van der Waals surface area contributed by atoms with Gasteiger partial charge in [-0.3, -0.25) is 0 Å². The molecule has 0 spiro atoms. The highest BCUT2D eigenvalue weighted by Crippen LogP contribution is 2.40. The molecule has 0 aliphatic carbocycles. The number of fused-ring (bicyclic) bond motifs is 2.